The number of nitrogens with one attached hydrogen (secondary N) is 2. The molecule has 1 aliphatic rings. The number of carbonyl (C=O) groups excluding carboxylic acids is 1. The van der Waals surface area contributed by atoms with Gasteiger partial charge in [-0.15, -0.1) is 0 Å². The van der Waals surface area contributed by atoms with Crippen molar-refractivity contribution in [3.63, 3.8) is 0 Å². The van der Waals surface area contributed by atoms with Gasteiger partial charge in [0, 0.05) is 22.3 Å². The Morgan fingerprint density at radius 1 is 1.19 bits per heavy atom. The zero-order valence-electron chi connectivity index (χ0n) is 16.4. The van der Waals surface area contributed by atoms with Crippen LogP contribution in [0.4, 0.5) is 14.6 Å². The van der Waals surface area contributed by atoms with E-state index in [-0.39, 0.29) is 28.6 Å². The fraction of sp³-hybridized carbons (Fsp3) is 0.286. The predicted molar refractivity (Wildman–Crippen MR) is 114 cm³/mol. The van der Waals surface area contributed by atoms with Gasteiger partial charge >= 0.3 is 0 Å². The molecule has 4 rings (SSSR count). The zero-order valence-corrected chi connectivity index (χ0v) is 17.9. The fourth-order valence-corrected chi connectivity index (χ4v) is 5.54. The molecule has 1 fully saturated rings. The molecule has 2 heterocycles. The van der Waals surface area contributed by atoms with Crippen LogP contribution in [-0.2, 0) is 14.6 Å². The first-order chi connectivity index (χ1) is 14.7. The van der Waals surface area contributed by atoms with Crippen molar-refractivity contribution in [1.82, 2.24) is 9.88 Å². The Hall–Kier alpha value is -2.49. The monoisotopic (exact) mass is 467 g/mol. The number of anilines is 1. The third-order valence-corrected chi connectivity index (χ3v) is 7.23. The van der Waals surface area contributed by atoms with Crippen molar-refractivity contribution >= 4 is 44.1 Å². The van der Waals surface area contributed by atoms with E-state index in [2.05, 4.69) is 10.3 Å². The molecule has 2 N–H and O–H groups in total. The Morgan fingerprint density at radius 3 is 2.65 bits per heavy atom. The third-order valence-electron chi connectivity index (χ3n) is 5.14. The highest BCUT2D eigenvalue weighted by Gasteiger charge is 2.36. The molecule has 10 heteroatoms. The molecule has 0 radical (unpaired) electrons. The summed E-state index contributed by atoms with van der Waals surface area (Å²) in [5.41, 5.74) is 0.471. The van der Waals surface area contributed by atoms with Crippen molar-refractivity contribution < 1.29 is 22.0 Å². The number of sulfone groups is 1. The highest BCUT2D eigenvalue weighted by atomic mass is 35.5. The lowest BCUT2D eigenvalue weighted by Gasteiger charge is -2.31. The number of rotatable bonds is 5. The first kappa shape index (κ1) is 21.7. The standard InChI is InChI=1S/C21H20ClF2N3O3S/c22-14-7-8-17-16(11-14)19(31(29,30)15-5-2-1-3-6-15)20(25-17)26-18(28)12-27-10-4-9-21(23,24)13-27/h1-3,5-8,11,25H,4,9-10,12-13H2,(H,26,28). The van der Waals surface area contributed by atoms with Gasteiger partial charge in [-0.05, 0) is 43.3 Å². The maximum Gasteiger partial charge on any atom is 0.260 e. The van der Waals surface area contributed by atoms with Gasteiger partial charge in [0.2, 0.25) is 15.7 Å². The molecular formula is C21H20ClF2N3O3S. The van der Waals surface area contributed by atoms with E-state index in [4.69, 9.17) is 11.6 Å². The van der Waals surface area contributed by atoms with Crippen LogP contribution < -0.4 is 5.32 Å². The Labute approximate surface area is 183 Å². The van der Waals surface area contributed by atoms with Crippen LogP contribution in [0, 0.1) is 0 Å². The van der Waals surface area contributed by atoms with Crippen molar-refractivity contribution in [1.29, 1.82) is 0 Å². The minimum Gasteiger partial charge on any atom is -0.340 e. The Balaban J connectivity index is 1.69. The number of fused-ring (bicyclic) bond motifs is 1. The molecule has 0 bridgehead atoms. The predicted octanol–water partition coefficient (Wildman–Crippen LogP) is 4.32. The van der Waals surface area contributed by atoms with Gasteiger partial charge < -0.3 is 10.3 Å². The largest absolute Gasteiger partial charge is 0.340 e. The molecule has 1 aromatic heterocycles. The van der Waals surface area contributed by atoms with Gasteiger partial charge in [0.1, 0.15) is 10.7 Å². The van der Waals surface area contributed by atoms with Gasteiger partial charge in [-0.25, -0.2) is 17.2 Å². The summed E-state index contributed by atoms with van der Waals surface area (Å²) >= 11 is 6.08. The molecule has 6 nitrogen and oxygen atoms in total. The third kappa shape index (κ3) is 4.58. The van der Waals surface area contributed by atoms with E-state index in [1.54, 1.807) is 30.3 Å². The molecule has 3 aromatic rings. The van der Waals surface area contributed by atoms with Crippen LogP contribution in [0.1, 0.15) is 12.8 Å². The number of amides is 1. The number of alkyl halides is 2. The average molecular weight is 468 g/mol. The lowest BCUT2D eigenvalue weighted by molar-refractivity contribution is -0.120. The van der Waals surface area contributed by atoms with Gasteiger partial charge in [-0.3, -0.25) is 9.69 Å². The molecule has 0 saturated carbocycles. The molecule has 1 aliphatic heterocycles. The van der Waals surface area contributed by atoms with E-state index in [1.165, 1.54) is 23.1 Å². The van der Waals surface area contributed by atoms with Crippen molar-refractivity contribution in [3.8, 4) is 0 Å². The highest BCUT2D eigenvalue weighted by Crippen LogP contribution is 2.36. The first-order valence-electron chi connectivity index (χ1n) is 9.67. The number of hydrogen-bond acceptors (Lipinski definition) is 4. The maximum absolute atomic E-state index is 13.6. The second-order valence-electron chi connectivity index (χ2n) is 7.55. The summed E-state index contributed by atoms with van der Waals surface area (Å²) in [5, 5.41) is 3.23. The summed E-state index contributed by atoms with van der Waals surface area (Å²) < 4.78 is 54.0. The van der Waals surface area contributed by atoms with Crippen LogP contribution in [0.3, 0.4) is 0 Å². The minimum absolute atomic E-state index is 0.0186. The molecule has 0 atom stereocenters. The number of benzene rings is 2. The van der Waals surface area contributed by atoms with Gasteiger partial charge in [-0.2, -0.15) is 0 Å². The van der Waals surface area contributed by atoms with Crippen LogP contribution in [0.25, 0.3) is 10.9 Å². The maximum atomic E-state index is 13.6. The lowest BCUT2D eigenvalue weighted by atomic mass is 10.1. The Bertz CT molecular complexity index is 1230. The van der Waals surface area contributed by atoms with Gasteiger partial charge in [0.05, 0.1) is 18.0 Å². The topological polar surface area (TPSA) is 82.3 Å². The van der Waals surface area contributed by atoms with Crippen LogP contribution in [0.15, 0.2) is 58.3 Å². The summed E-state index contributed by atoms with van der Waals surface area (Å²) in [4.78, 5) is 16.8. The van der Waals surface area contributed by atoms with Crippen LogP contribution >= 0.6 is 11.6 Å². The van der Waals surface area contributed by atoms with Crippen molar-refractivity contribution in [2.24, 2.45) is 0 Å². The second kappa shape index (κ2) is 8.22. The second-order valence-corrected chi connectivity index (χ2v) is 9.88. The summed E-state index contributed by atoms with van der Waals surface area (Å²) in [6.45, 7) is -0.394. The normalized spacial score (nSPS) is 17.0. The van der Waals surface area contributed by atoms with Crippen molar-refractivity contribution in [3.05, 3.63) is 53.6 Å². The van der Waals surface area contributed by atoms with Gasteiger partial charge in [0.15, 0.2) is 0 Å². The number of nitrogens with zero attached hydrogens (tertiary/aromatic N) is 1. The molecule has 0 spiro atoms. The van der Waals surface area contributed by atoms with E-state index in [9.17, 15) is 22.0 Å². The SMILES string of the molecule is O=C(CN1CCCC(F)(F)C1)Nc1[nH]c2ccc(Cl)cc2c1S(=O)(=O)c1ccccc1. The van der Waals surface area contributed by atoms with Crippen LogP contribution in [-0.4, -0.2) is 49.8 Å². The number of hydrogen-bond donors (Lipinski definition) is 2. The van der Waals surface area contributed by atoms with E-state index in [0.29, 0.717) is 28.9 Å². The zero-order chi connectivity index (χ0) is 22.2. The van der Waals surface area contributed by atoms with E-state index >= 15 is 0 Å². The number of carbonyl (C=O) groups is 1. The van der Waals surface area contributed by atoms with Crippen molar-refractivity contribution in [2.45, 2.75) is 28.6 Å². The molecule has 0 unspecified atom stereocenters. The molecule has 164 valence electrons. The van der Waals surface area contributed by atoms with Crippen LogP contribution in [0.2, 0.25) is 5.02 Å². The van der Waals surface area contributed by atoms with E-state index in [0.717, 1.165) is 0 Å². The molecule has 2 aromatic carbocycles. The average Bonchev–Trinajstić information content (AvgIpc) is 3.05. The fourth-order valence-electron chi connectivity index (χ4n) is 3.79. The first-order valence-corrected chi connectivity index (χ1v) is 11.5. The summed E-state index contributed by atoms with van der Waals surface area (Å²) in [6.07, 6.45) is 0.0895. The van der Waals surface area contributed by atoms with E-state index < -0.39 is 28.2 Å². The number of aromatic amines is 1. The van der Waals surface area contributed by atoms with Crippen molar-refractivity contribution in [2.75, 3.05) is 25.0 Å². The number of aromatic nitrogens is 1. The molecule has 31 heavy (non-hydrogen) atoms. The number of halogens is 3. The lowest BCUT2D eigenvalue weighted by Crippen LogP contribution is -2.45. The minimum atomic E-state index is -4.01. The highest BCUT2D eigenvalue weighted by molar-refractivity contribution is 7.92. The summed E-state index contributed by atoms with van der Waals surface area (Å²) in [6, 6.07) is 12.5. The quantitative estimate of drug-likeness (QED) is 0.585. The van der Waals surface area contributed by atoms with Crippen LogP contribution in [0.5, 0.6) is 0 Å². The summed E-state index contributed by atoms with van der Waals surface area (Å²) in [7, 11) is -4.01. The molecule has 1 saturated heterocycles. The Morgan fingerprint density at radius 2 is 1.94 bits per heavy atom. The van der Waals surface area contributed by atoms with Gasteiger partial charge in [0.25, 0.3) is 5.92 Å². The molecule has 1 amide bonds. The molecular weight excluding hydrogens is 448 g/mol. The number of H-pyrrole nitrogens is 1. The smallest absolute Gasteiger partial charge is 0.260 e. The summed E-state index contributed by atoms with van der Waals surface area (Å²) in [5.74, 6) is -3.44. The van der Waals surface area contributed by atoms with E-state index in [1.807, 2.05) is 0 Å². The number of piperidine rings is 1. The number of likely N-dealkylation sites (tertiary alicyclic amines) is 1. The molecule has 0 aliphatic carbocycles. The Kier molecular flexibility index (Phi) is 5.76. The van der Waals surface area contributed by atoms with Gasteiger partial charge in [-0.1, -0.05) is 29.8 Å².